The third-order valence-corrected chi connectivity index (χ3v) is 4.74. The van der Waals surface area contributed by atoms with Crippen LogP contribution in [0.4, 0.5) is 17.5 Å². The normalized spacial score (nSPS) is 10.4. The topological polar surface area (TPSA) is 68.3 Å². The summed E-state index contributed by atoms with van der Waals surface area (Å²) in [5, 5.41) is 7.25. The van der Waals surface area contributed by atoms with Crippen molar-refractivity contribution in [1.82, 2.24) is 9.97 Å². The molecule has 6 nitrogen and oxygen atoms in total. The van der Waals surface area contributed by atoms with E-state index in [1.165, 1.54) is 0 Å². The number of nitrogens with zero attached hydrogens (tertiary/aromatic N) is 2. The second kappa shape index (κ2) is 9.28. The number of anilines is 3. The maximum absolute atomic E-state index is 6.18. The van der Waals surface area contributed by atoms with Crippen LogP contribution in [0.2, 0.25) is 5.02 Å². The van der Waals surface area contributed by atoms with Gasteiger partial charge < -0.3 is 20.1 Å². The minimum Gasteiger partial charge on any atom is -0.493 e. The number of methoxy groups -OCH3 is 2. The van der Waals surface area contributed by atoms with E-state index < -0.39 is 0 Å². The second-order valence-corrected chi connectivity index (χ2v) is 6.58. The molecule has 0 aliphatic rings. The van der Waals surface area contributed by atoms with E-state index in [-0.39, 0.29) is 0 Å². The monoisotopic (exact) mass is 398 g/mol. The molecule has 0 aliphatic carbocycles. The smallest absolute Gasteiger partial charge is 0.224 e. The Morgan fingerprint density at radius 2 is 1.86 bits per heavy atom. The number of aromatic nitrogens is 2. The first kappa shape index (κ1) is 19.8. The molecule has 0 atom stereocenters. The molecule has 0 fully saturated rings. The molecule has 1 heterocycles. The average molecular weight is 399 g/mol. The zero-order valence-corrected chi connectivity index (χ0v) is 16.9. The molecule has 0 saturated carbocycles. The number of benzene rings is 2. The fraction of sp³-hybridized carbons (Fsp3) is 0.238. The highest BCUT2D eigenvalue weighted by molar-refractivity contribution is 6.31. The van der Waals surface area contributed by atoms with E-state index in [1.807, 2.05) is 49.4 Å². The van der Waals surface area contributed by atoms with E-state index in [0.29, 0.717) is 23.3 Å². The Hall–Kier alpha value is -2.99. The molecule has 2 N–H and O–H groups in total. The van der Waals surface area contributed by atoms with Crippen LogP contribution in [-0.4, -0.2) is 30.7 Å². The molecule has 28 heavy (non-hydrogen) atoms. The van der Waals surface area contributed by atoms with Crippen molar-refractivity contribution in [3.63, 3.8) is 0 Å². The Labute approximate surface area is 169 Å². The molecule has 3 rings (SSSR count). The number of ether oxygens (including phenoxy) is 2. The van der Waals surface area contributed by atoms with Gasteiger partial charge in [-0.05, 0) is 54.8 Å². The van der Waals surface area contributed by atoms with Crippen LogP contribution in [0, 0.1) is 6.92 Å². The molecule has 0 aliphatic heterocycles. The summed E-state index contributed by atoms with van der Waals surface area (Å²) in [6.45, 7) is 2.66. The maximum Gasteiger partial charge on any atom is 0.224 e. The molecule has 0 saturated heterocycles. The molecule has 2 aromatic carbocycles. The Morgan fingerprint density at radius 1 is 1.04 bits per heavy atom. The fourth-order valence-corrected chi connectivity index (χ4v) is 2.92. The fourth-order valence-electron chi connectivity index (χ4n) is 2.75. The van der Waals surface area contributed by atoms with Gasteiger partial charge in [0.25, 0.3) is 0 Å². The summed E-state index contributed by atoms with van der Waals surface area (Å²) in [5.74, 6) is 2.70. The SMILES string of the molecule is COc1ccc(CCNc2nccc(Nc3cccc(Cl)c3C)n2)cc1OC. The van der Waals surface area contributed by atoms with Crippen LogP contribution < -0.4 is 20.1 Å². The van der Waals surface area contributed by atoms with E-state index in [4.69, 9.17) is 21.1 Å². The number of rotatable bonds is 8. The van der Waals surface area contributed by atoms with Gasteiger partial charge >= 0.3 is 0 Å². The molecule has 0 bridgehead atoms. The number of hydrogen-bond acceptors (Lipinski definition) is 6. The highest BCUT2D eigenvalue weighted by atomic mass is 35.5. The Kier molecular flexibility index (Phi) is 6.55. The quantitative estimate of drug-likeness (QED) is 0.565. The van der Waals surface area contributed by atoms with Gasteiger partial charge in [0.1, 0.15) is 5.82 Å². The molecule has 0 radical (unpaired) electrons. The van der Waals surface area contributed by atoms with Crippen LogP contribution in [0.5, 0.6) is 11.5 Å². The number of halogens is 1. The van der Waals surface area contributed by atoms with E-state index in [9.17, 15) is 0 Å². The first-order chi connectivity index (χ1) is 13.6. The van der Waals surface area contributed by atoms with E-state index >= 15 is 0 Å². The number of hydrogen-bond donors (Lipinski definition) is 2. The molecule has 3 aromatic rings. The van der Waals surface area contributed by atoms with Crippen molar-refractivity contribution in [3.05, 3.63) is 64.8 Å². The lowest BCUT2D eigenvalue weighted by atomic mass is 10.1. The van der Waals surface area contributed by atoms with Crippen molar-refractivity contribution in [2.45, 2.75) is 13.3 Å². The lowest BCUT2D eigenvalue weighted by molar-refractivity contribution is 0.354. The highest BCUT2D eigenvalue weighted by Gasteiger charge is 2.06. The zero-order valence-electron chi connectivity index (χ0n) is 16.1. The van der Waals surface area contributed by atoms with Crippen LogP contribution in [-0.2, 0) is 6.42 Å². The highest BCUT2D eigenvalue weighted by Crippen LogP contribution is 2.28. The molecule has 0 spiro atoms. The van der Waals surface area contributed by atoms with Crippen molar-refractivity contribution < 1.29 is 9.47 Å². The molecule has 7 heteroatoms. The average Bonchev–Trinajstić information content (AvgIpc) is 2.71. The first-order valence-electron chi connectivity index (χ1n) is 8.90. The van der Waals surface area contributed by atoms with Crippen molar-refractivity contribution in [3.8, 4) is 11.5 Å². The summed E-state index contributed by atoms with van der Waals surface area (Å²) in [6, 6.07) is 13.4. The predicted octanol–water partition coefficient (Wildman–Crippen LogP) is 4.85. The Bertz CT molecular complexity index is 949. The largest absolute Gasteiger partial charge is 0.493 e. The maximum atomic E-state index is 6.18. The summed E-state index contributed by atoms with van der Waals surface area (Å²) in [4.78, 5) is 8.79. The van der Waals surface area contributed by atoms with Gasteiger partial charge in [0, 0.05) is 23.5 Å². The van der Waals surface area contributed by atoms with Gasteiger partial charge in [0.15, 0.2) is 11.5 Å². The van der Waals surface area contributed by atoms with Gasteiger partial charge in [-0.1, -0.05) is 23.7 Å². The van der Waals surface area contributed by atoms with Crippen molar-refractivity contribution in [1.29, 1.82) is 0 Å². The summed E-state index contributed by atoms with van der Waals surface area (Å²) < 4.78 is 10.6. The molecule has 146 valence electrons. The van der Waals surface area contributed by atoms with Crippen molar-refractivity contribution >= 4 is 29.1 Å². The first-order valence-corrected chi connectivity index (χ1v) is 9.28. The Morgan fingerprint density at radius 3 is 2.64 bits per heavy atom. The summed E-state index contributed by atoms with van der Waals surface area (Å²) >= 11 is 6.18. The minimum absolute atomic E-state index is 0.560. The number of nitrogens with one attached hydrogen (secondary N) is 2. The van der Waals surface area contributed by atoms with Crippen LogP contribution in [0.15, 0.2) is 48.7 Å². The van der Waals surface area contributed by atoms with Gasteiger partial charge in [-0.2, -0.15) is 4.98 Å². The van der Waals surface area contributed by atoms with Crippen LogP contribution in [0.3, 0.4) is 0 Å². The zero-order chi connectivity index (χ0) is 19.9. The molecule has 0 amide bonds. The van der Waals surface area contributed by atoms with Crippen LogP contribution >= 0.6 is 11.6 Å². The molecule has 1 aromatic heterocycles. The predicted molar refractivity (Wildman–Crippen MR) is 113 cm³/mol. The van der Waals surface area contributed by atoms with E-state index in [2.05, 4.69) is 20.6 Å². The summed E-state index contributed by atoms with van der Waals surface area (Å²) in [7, 11) is 3.26. The van der Waals surface area contributed by atoms with Crippen molar-refractivity contribution in [2.24, 2.45) is 0 Å². The van der Waals surface area contributed by atoms with Gasteiger partial charge in [-0.25, -0.2) is 4.98 Å². The molecular formula is C21H23ClN4O2. The van der Waals surface area contributed by atoms with Crippen molar-refractivity contribution in [2.75, 3.05) is 31.4 Å². The van der Waals surface area contributed by atoms with Gasteiger partial charge in [-0.3, -0.25) is 0 Å². The Balaban J connectivity index is 1.61. The van der Waals surface area contributed by atoms with E-state index in [0.717, 1.165) is 34.7 Å². The molecule has 0 unspecified atom stereocenters. The van der Waals surface area contributed by atoms with Gasteiger partial charge in [0.05, 0.1) is 14.2 Å². The van der Waals surface area contributed by atoms with E-state index in [1.54, 1.807) is 20.4 Å². The van der Waals surface area contributed by atoms with Crippen LogP contribution in [0.25, 0.3) is 0 Å². The second-order valence-electron chi connectivity index (χ2n) is 6.17. The third-order valence-electron chi connectivity index (χ3n) is 4.33. The lowest BCUT2D eigenvalue weighted by Gasteiger charge is -2.12. The minimum atomic E-state index is 0.560. The summed E-state index contributed by atoms with van der Waals surface area (Å²) in [6.07, 6.45) is 2.52. The summed E-state index contributed by atoms with van der Waals surface area (Å²) in [5.41, 5.74) is 3.03. The lowest BCUT2D eigenvalue weighted by Crippen LogP contribution is -2.09. The standard InChI is InChI=1S/C21H23ClN4O2/c1-14-16(22)5-4-6-17(14)25-20-10-12-24-21(26-20)23-11-9-15-7-8-18(27-2)19(13-15)28-3/h4-8,10,12-13H,9,11H2,1-3H3,(H2,23,24,25,26). The van der Waals surface area contributed by atoms with Gasteiger partial charge in [0.2, 0.25) is 5.95 Å². The van der Waals surface area contributed by atoms with Crippen LogP contribution in [0.1, 0.15) is 11.1 Å². The third kappa shape index (κ3) is 4.84. The van der Waals surface area contributed by atoms with Gasteiger partial charge in [-0.15, -0.1) is 0 Å². The molecular weight excluding hydrogens is 376 g/mol.